The molecule has 1 aromatic rings. The predicted molar refractivity (Wildman–Crippen MR) is 103 cm³/mol. The number of nitrogens with zero attached hydrogens (tertiary/aromatic N) is 1. The Balaban J connectivity index is 1.63. The SMILES string of the molecule is C[C@]12CC[C@H](Cc3ccc(CO)cc3)C[C@@]1(O)CC[C@@H]2/C=N/OCCN. The Morgan fingerprint density at radius 1 is 1.23 bits per heavy atom. The Labute approximate surface area is 156 Å². The van der Waals surface area contributed by atoms with Gasteiger partial charge in [-0.3, -0.25) is 0 Å². The van der Waals surface area contributed by atoms with Crippen LogP contribution in [0.1, 0.15) is 50.2 Å². The van der Waals surface area contributed by atoms with Crippen LogP contribution in [0.25, 0.3) is 0 Å². The lowest BCUT2D eigenvalue weighted by molar-refractivity contribution is -0.106. The van der Waals surface area contributed by atoms with Crippen molar-refractivity contribution in [3.05, 3.63) is 35.4 Å². The third-order valence-electron chi connectivity index (χ3n) is 6.70. The highest BCUT2D eigenvalue weighted by atomic mass is 16.6. The molecule has 1 aromatic carbocycles. The van der Waals surface area contributed by atoms with Gasteiger partial charge in [-0.15, -0.1) is 0 Å². The van der Waals surface area contributed by atoms with Crippen molar-refractivity contribution in [1.82, 2.24) is 0 Å². The Morgan fingerprint density at radius 2 is 1.96 bits per heavy atom. The van der Waals surface area contributed by atoms with E-state index in [1.807, 2.05) is 18.3 Å². The molecule has 5 heteroatoms. The first kappa shape index (κ1) is 19.3. The zero-order valence-corrected chi connectivity index (χ0v) is 15.7. The maximum absolute atomic E-state index is 11.4. The molecule has 2 saturated carbocycles. The number of hydrogen-bond acceptors (Lipinski definition) is 5. The van der Waals surface area contributed by atoms with Crippen LogP contribution in [0.4, 0.5) is 0 Å². The second-order valence-electron chi connectivity index (χ2n) is 8.26. The van der Waals surface area contributed by atoms with Crippen molar-refractivity contribution in [2.75, 3.05) is 13.2 Å². The van der Waals surface area contributed by atoms with Gasteiger partial charge in [0.2, 0.25) is 0 Å². The Morgan fingerprint density at radius 3 is 2.65 bits per heavy atom. The highest BCUT2D eigenvalue weighted by Gasteiger charge is 2.58. The van der Waals surface area contributed by atoms with Crippen LogP contribution in [0.2, 0.25) is 0 Å². The van der Waals surface area contributed by atoms with Crippen LogP contribution in [-0.4, -0.2) is 35.2 Å². The van der Waals surface area contributed by atoms with Crippen LogP contribution in [-0.2, 0) is 17.9 Å². The first-order valence-electron chi connectivity index (χ1n) is 9.77. The lowest BCUT2D eigenvalue weighted by Gasteiger charge is -2.48. The third kappa shape index (κ3) is 3.80. The van der Waals surface area contributed by atoms with E-state index in [2.05, 4.69) is 24.2 Å². The molecule has 2 aliphatic carbocycles. The highest BCUT2D eigenvalue weighted by Crippen LogP contribution is 2.58. The molecule has 144 valence electrons. The van der Waals surface area contributed by atoms with Crippen LogP contribution in [0.5, 0.6) is 0 Å². The number of fused-ring (bicyclic) bond motifs is 1. The van der Waals surface area contributed by atoms with E-state index in [4.69, 9.17) is 10.6 Å². The molecule has 0 amide bonds. The molecule has 0 aliphatic heterocycles. The van der Waals surface area contributed by atoms with E-state index in [1.54, 1.807) is 0 Å². The molecule has 0 spiro atoms. The van der Waals surface area contributed by atoms with Gasteiger partial charge in [-0.25, -0.2) is 0 Å². The molecule has 0 heterocycles. The summed E-state index contributed by atoms with van der Waals surface area (Å²) in [4.78, 5) is 5.17. The van der Waals surface area contributed by atoms with E-state index < -0.39 is 5.60 Å². The highest BCUT2D eigenvalue weighted by molar-refractivity contribution is 5.62. The van der Waals surface area contributed by atoms with E-state index in [1.165, 1.54) is 5.56 Å². The van der Waals surface area contributed by atoms with Gasteiger partial charge in [0.05, 0.1) is 12.2 Å². The summed E-state index contributed by atoms with van der Waals surface area (Å²) in [7, 11) is 0. The average molecular weight is 360 g/mol. The number of rotatable bonds is 7. The molecule has 2 aliphatic rings. The van der Waals surface area contributed by atoms with Crippen molar-refractivity contribution in [1.29, 1.82) is 0 Å². The predicted octanol–water partition coefficient (Wildman–Crippen LogP) is 2.63. The van der Waals surface area contributed by atoms with Crippen molar-refractivity contribution in [3.63, 3.8) is 0 Å². The molecule has 0 unspecified atom stereocenters. The molecule has 0 bridgehead atoms. The molecule has 4 N–H and O–H groups in total. The molecule has 2 fully saturated rings. The molecule has 5 nitrogen and oxygen atoms in total. The summed E-state index contributed by atoms with van der Waals surface area (Å²) in [6.45, 7) is 3.19. The Hall–Kier alpha value is -1.43. The number of nitrogens with two attached hydrogens (primary N) is 1. The van der Waals surface area contributed by atoms with Gasteiger partial charge in [0.1, 0.15) is 6.61 Å². The first-order valence-corrected chi connectivity index (χ1v) is 9.77. The molecular weight excluding hydrogens is 328 g/mol. The number of aliphatic hydroxyl groups excluding tert-OH is 1. The maximum atomic E-state index is 11.4. The minimum Gasteiger partial charge on any atom is -0.395 e. The summed E-state index contributed by atoms with van der Waals surface area (Å²) in [5.74, 6) is 0.757. The molecular formula is C21H32N2O3. The summed E-state index contributed by atoms with van der Waals surface area (Å²) in [5, 5.41) is 24.7. The van der Waals surface area contributed by atoms with E-state index in [0.29, 0.717) is 19.1 Å². The molecule has 4 atom stereocenters. The zero-order valence-electron chi connectivity index (χ0n) is 15.7. The lowest BCUT2D eigenvalue weighted by atomic mass is 9.59. The lowest BCUT2D eigenvalue weighted by Crippen LogP contribution is -2.50. The van der Waals surface area contributed by atoms with Crippen LogP contribution in [0, 0.1) is 17.3 Å². The fourth-order valence-electron chi connectivity index (χ4n) is 4.93. The van der Waals surface area contributed by atoms with E-state index in [0.717, 1.165) is 44.1 Å². The number of oxime groups is 1. The monoisotopic (exact) mass is 360 g/mol. The zero-order chi connectivity index (χ0) is 18.6. The second kappa shape index (κ2) is 8.07. The van der Waals surface area contributed by atoms with Gasteiger partial charge >= 0.3 is 0 Å². The summed E-state index contributed by atoms with van der Waals surface area (Å²) in [6.07, 6.45) is 7.64. The van der Waals surface area contributed by atoms with Gasteiger partial charge in [-0.05, 0) is 55.6 Å². The Kier molecular flexibility index (Phi) is 6.00. The van der Waals surface area contributed by atoms with Crippen LogP contribution < -0.4 is 5.73 Å². The van der Waals surface area contributed by atoms with Gasteiger partial charge in [-0.1, -0.05) is 36.3 Å². The summed E-state index contributed by atoms with van der Waals surface area (Å²) in [6, 6.07) is 8.17. The Bertz CT molecular complexity index is 618. The van der Waals surface area contributed by atoms with Crippen molar-refractivity contribution in [2.45, 2.75) is 57.7 Å². The molecule has 3 rings (SSSR count). The van der Waals surface area contributed by atoms with Crippen molar-refractivity contribution >= 4 is 6.21 Å². The normalized spacial score (nSPS) is 34.2. The minimum atomic E-state index is -0.620. The first-order chi connectivity index (χ1) is 12.5. The quantitative estimate of drug-likeness (QED) is 0.396. The molecule has 0 aromatic heterocycles. The summed E-state index contributed by atoms with van der Waals surface area (Å²) in [5.41, 5.74) is 6.90. The number of aliphatic hydroxyl groups is 2. The summed E-state index contributed by atoms with van der Waals surface area (Å²) >= 11 is 0. The van der Waals surface area contributed by atoms with Crippen LogP contribution in [0.15, 0.2) is 29.4 Å². The molecule has 26 heavy (non-hydrogen) atoms. The van der Waals surface area contributed by atoms with Gasteiger partial charge in [-0.2, -0.15) is 0 Å². The van der Waals surface area contributed by atoms with Gasteiger partial charge < -0.3 is 20.8 Å². The number of benzene rings is 1. The van der Waals surface area contributed by atoms with E-state index in [9.17, 15) is 10.2 Å². The minimum absolute atomic E-state index is 0.0831. The number of hydrogen-bond donors (Lipinski definition) is 3. The van der Waals surface area contributed by atoms with Gasteiger partial charge in [0.25, 0.3) is 0 Å². The maximum Gasteiger partial charge on any atom is 0.129 e. The van der Waals surface area contributed by atoms with Crippen molar-refractivity contribution < 1.29 is 15.1 Å². The smallest absolute Gasteiger partial charge is 0.129 e. The van der Waals surface area contributed by atoms with Crippen LogP contribution >= 0.6 is 0 Å². The second-order valence-corrected chi connectivity index (χ2v) is 8.26. The average Bonchev–Trinajstić information content (AvgIpc) is 2.90. The van der Waals surface area contributed by atoms with Crippen molar-refractivity contribution in [2.24, 2.45) is 28.1 Å². The standard InChI is InChI=1S/C21H32N2O3/c1-20-8-6-18(12-16-2-4-17(15-24)5-3-16)13-21(20,25)9-7-19(20)14-23-26-11-10-22/h2-5,14,18-19,24-25H,6-13,15,22H2,1H3/b23-14+/t18-,19-,20-,21+/m1/s1. The van der Waals surface area contributed by atoms with Crippen molar-refractivity contribution in [3.8, 4) is 0 Å². The topological polar surface area (TPSA) is 88.1 Å². The van der Waals surface area contributed by atoms with Gasteiger partial charge in [0.15, 0.2) is 0 Å². The van der Waals surface area contributed by atoms with E-state index >= 15 is 0 Å². The molecule has 0 saturated heterocycles. The van der Waals surface area contributed by atoms with E-state index in [-0.39, 0.29) is 17.9 Å². The fourth-order valence-corrected chi connectivity index (χ4v) is 4.93. The van der Waals surface area contributed by atoms with Gasteiger partial charge in [0, 0.05) is 24.1 Å². The third-order valence-corrected chi connectivity index (χ3v) is 6.70. The molecule has 0 radical (unpaired) electrons. The fraction of sp³-hybridized carbons (Fsp3) is 0.667. The summed E-state index contributed by atoms with van der Waals surface area (Å²) < 4.78 is 0. The largest absolute Gasteiger partial charge is 0.395 e. The van der Waals surface area contributed by atoms with Crippen LogP contribution in [0.3, 0.4) is 0 Å².